The average molecular weight is 299 g/mol. The number of H-pyrrole nitrogens is 1. The number of benzene rings is 1. The largest absolute Gasteiger partial charge is 0.351 e. The van der Waals surface area contributed by atoms with Crippen molar-refractivity contribution in [1.82, 2.24) is 14.5 Å². The molecule has 1 heterocycles. The van der Waals surface area contributed by atoms with E-state index in [2.05, 4.69) is 4.98 Å². The van der Waals surface area contributed by atoms with E-state index in [4.69, 9.17) is 0 Å². The van der Waals surface area contributed by atoms with Gasteiger partial charge in [0, 0.05) is 6.07 Å². The maximum absolute atomic E-state index is 13.1. The third kappa shape index (κ3) is 3.32. The molecule has 20 heavy (non-hydrogen) atoms. The van der Waals surface area contributed by atoms with Crippen LogP contribution >= 0.6 is 11.8 Å². The molecule has 5 nitrogen and oxygen atoms in total. The number of thioether (sulfide) groups is 1. The molecule has 1 aromatic carbocycles. The molecule has 106 valence electrons. The molecule has 2 aromatic rings. The third-order valence-electron chi connectivity index (χ3n) is 2.42. The summed E-state index contributed by atoms with van der Waals surface area (Å²) in [7, 11) is 0. The number of aromatic amines is 1. The molecule has 0 saturated heterocycles. The van der Waals surface area contributed by atoms with Crippen molar-refractivity contribution < 1.29 is 8.78 Å². The molecule has 1 N–H and O–H groups in total. The normalized spacial score (nSPS) is 10.8. The number of hydrogen-bond donors (Lipinski definition) is 1. The van der Waals surface area contributed by atoms with E-state index in [-0.39, 0.29) is 17.3 Å². The molecule has 0 fully saturated rings. The lowest BCUT2D eigenvalue weighted by molar-refractivity contribution is 0.565. The van der Waals surface area contributed by atoms with Crippen molar-refractivity contribution in [3.8, 4) is 0 Å². The van der Waals surface area contributed by atoms with Crippen molar-refractivity contribution in [1.29, 1.82) is 0 Å². The van der Waals surface area contributed by atoms with E-state index in [1.165, 1.54) is 16.3 Å². The standard InChI is InChI=1S/C12H11F2N3O2S/c1-2-20-12-16-10(18)15-11(19)17(12)6-7-3-8(13)5-9(14)4-7/h3-5H,2,6H2,1H3,(H,15,18,19). The molecule has 0 aliphatic rings. The van der Waals surface area contributed by atoms with Gasteiger partial charge in [0.15, 0.2) is 5.16 Å². The smallest absolute Gasteiger partial charge is 0.268 e. The number of nitrogens with one attached hydrogen (secondary N) is 1. The van der Waals surface area contributed by atoms with Gasteiger partial charge in [0.05, 0.1) is 6.54 Å². The van der Waals surface area contributed by atoms with E-state index >= 15 is 0 Å². The van der Waals surface area contributed by atoms with Gasteiger partial charge in [0.1, 0.15) is 11.6 Å². The molecule has 0 aliphatic heterocycles. The van der Waals surface area contributed by atoms with Crippen LogP contribution in [0.4, 0.5) is 8.78 Å². The second-order valence-corrected chi connectivity index (χ2v) is 5.16. The predicted octanol–water partition coefficient (Wildman–Crippen LogP) is 1.37. The Kier molecular flexibility index (Phi) is 4.33. The van der Waals surface area contributed by atoms with Gasteiger partial charge < -0.3 is 0 Å². The van der Waals surface area contributed by atoms with Crippen molar-refractivity contribution in [2.75, 3.05) is 5.75 Å². The highest BCUT2D eigenvalue weighted by atomic mass is 32.2. The Morgan fingerprint density at radius 2 is 1.90 bits per heavy atom. The predicted molar refractivity (Wildman–Crippen MR) is 71.0 cm³/mol. The highest BCUT2D eigenvalue weighted by Gasteiger charge is 2.10. The minimum absolute atomic E-state index is 0.0698. The van der Waals surface area contributed by atoms with Crippen LogP contribution in [0.5, 0.6) is 0 Å². The second-order valence-electron chi connectivity index (χ2n) is 3.93. The molecule has 1 aromatic heterocycles. The fraction of sp³-hybridized carbons (Fsp3) is 0.250. The maximum Gasteiger partial charge on any atom is 0.351 e. The van der Waals surface area contributed by atoms with Gasteiger partial charge in [-0.15, -0.1) is 0 Å². The van der Waals surface area contributed by atoms with Crippen LogP contribution in [-0.4, -0.2) is 20.3 Å². The average Bonchev–Trinajstić information content (AvgIpc) is 2.32. The monoisotopic (exact) mass is 299 g/mol. The van der Waals surface area contributed by atoms with Gasteiger partial charge >= 0.3 is 11.4 Å². The molecule has 0 bridgehead atoms. The van der Waals surface area contributed by atoms with Crippen molar-refractivity contribution >= 4 is 11.8 Å². The van der Waals surface area contributed by atoms with Gasteiger partial charge in [0.2, 0.25) is 0 Å². The Hall–Kier alpha value is -1.96. The highest BCUT2D eigenvalue weighted by Crippen LogP contribution is 2.14. The van der Waals surface area contributed by atoms with Crippen LogP contribution in [0.3, 0.4) is 0 Å². The van der Waals surface area contributed by atoms with E-state index in [1.807, 2.05) is 11.9 Å². The molecule has 0 radical (unpaired) electrons. The summed E-state index contributed by atoms with van der Waals surface area (Å²) in [6.45, 7) is 1.77. The minimum Gasteiger partial charge on any atom is -0.268 e. The molecule has 0 amide bonds. The minimum atomic E-state index is -0.743. The quantitative estimate of drug-likeness (QED) is 0.866. The van der Waals surface area contributed by atoms with Crippen molar-refractivity contribution in [2.24, 2.45) is 0 Å². The molecule has 0 aliphatic carbocycles. The Labute approximate surface area is 116 Å². The first-order valence-electron chi connectivity index (χ1n) is 5.78. The zero-order chi connectivity index (χ0) is 14.7. The van der Waals surface area contributed by atoms with E-state index in [1.54, 1.807) is 0 Å². The Bertz CT molecular complexity index is 722. The van der Waals surface area contributed by atoms with Crippen molar-refractivity contribution in [2.45, 2.75) is 18.6 Å². The zero-order valence-corrected chi connectivity index (χ0v) is 11.3. The maximum atomic E-state index is 13.1. The Morgan fingerprint density at radius 3 is 2.50 bits per heavy atom. The van der Waals surface area contributed by atoms with Crippen LogP contribution in [0.2, 0.25) is 0 Å². The van der Waals surface area contributed by atoms with E-state index in [0.717, 1.165) is 18.2 Å². The number of rotatable bonds is 4. The molecular weight excluding hydrogens is 288 g/mol. The fourth-order valence-electron chi connectivity index (χ4n) is 1.68. The van der Waals surface area contributed by atoms with Gasteiger partial charge in [0.25, 0.3) is 0 Å². The van der Waals surface area contributed by atoms with Crippen LogP contribution in [0.1, 0.15) is 12.5 Å². The van der Waals surface area contributed by atoms with Crippen LogP contribution in [0.25, 0.3) is 0 Å². The van der Waals surface area contributed by atoms with E-state index in [0.29, 0.717) is 5.75 Å². The summed E-state index contributed by atoms with van der Waals surface area (Å²) >= 11 is 1.20. The summed E-state index contributed by atoms with van der Waals surface area (Å²) < 4.78 is 27.4. The van der Waals surface area contributed by atoms with Gasteiger partial charge in [-0.3, -0.25) is 9.55 Å². The van der Waals surface area contributed by atoms with Gasteiger partial charge in [-0.2, -0.15) is 4.98 Å². The van der Waals surface area contributed by atoms with Crippen molar-refractivity contribution in [3.05, 3.63) is 56.4 Å². The molecule has 0 atom stereocenters. The summed E-state index contributed by atoms with van der Waals surface area (Å²) in [6.07, 6.45) is 0. The lowest BCUT2D eigenvalue weighted by Gasteiger charge is -2.09. The third-order valence-corrected chi connectivity index (χ3v) is 3.28. The molecule has 0 saturated carbocycles. The molecule has 0 unspecified atom stereocenters. The Balaban J connectivity index is 2.47. The van der Waals surface area contributed by atoms with Gasteiger partial charge in [-0.25, -0.2) is 18.4 Å². The summed E-state index contributed by atoms with van der Waals surface area (Å²) in [6, 6.07) is 3.00. The number of nitrogens with zero attached hydrogens (tertiary/aromatic N) is 2. The lowest BCUT2D eigenvalue weighted by atomic mass is 10.2. The summed E-state index contributed by atoms with van der Waals surface area (Å²) in [5.74, 6) is -0.849. The number of halogens is 2. The van der Waals surface area contributed by atoms with E-state index in [9.17, 15) is 18.4 Å². The van der Waals surface area contributed by atoms with Gasteiger partial charge in [-0.05, 0) is 23.4 Å². The van der Waals surface area contributed by atoms with Crippen LogP contribution in [0, 0.1) is 11.6 Å². The van der Waals surface area contributed by atoms with Crippen LogP contribution in [0.15, 0.2) is 32.9 Å². The SMILES string of the molecule is CCSc1nc(=O)[nH]c(=O)n1Cc1cc(F)cc(F)c1. The fourth-order valence-corrected chi connectivity index (χ4v) is 2.39. The highest BCUT2D eigenvalue weighted by molar-refractivity contribution is 7.99. The van der Waals surface area contributed by atoms with Crippen LogP contribution in [-0.2, 0) is 6.54 Å². The Morgan fingerprint density at radius 1 is 1.25 bits per heavy atom. The molecule has 2 rings (SSSR count). The number of aromatic nitrogens is 3. The first-order valence-corrected chi connectivity index (χ1v) is 6.77. The van der Waals surface area contributed by atoms with Crippen LogP contribution < -0.4 is 11.4 Å². The summed E-state index contributed by atoms with van der Waals surface area (Å²) in [5, 5.41) is 0.214. The summed E-state index contributed by atoms with van der Waals surface area (Å²) in [5.41, 5.74) is -1.13. The second kappa shape index (κ2) is 6.00. The zero-order valence-electron chi connectivity index (χ0n) is 10.5. The first-order chi connectivity index (χ1) is 9.49. The topological polar surface area (TPSA) is 67.8 Å². The first kappa shape index (κ1) is 14.4. The van der Waals surface area contributed by atoms with E-state index < -0.39 is 23.0 Å². The van der Waals surface area contributed by atoms with Crippen molar-refractivity contribution in [3.63, 3.8) is 0 Å². The lowest BCUT2D eigenvalue weighted by Crippen LogP contribution is -2.33. The summed E-state index contributed by atoms with van der Waals surface area (Å²) in [4.78, 5) is 28.7. The molecule has 8 heteroatoms. The van der Waals surface area contributed by atoms with Gasteiger partial charge in [-0.1, -0.05) is 18.7 Å². The molecular formula is C12H11F2N3O2S. The number of hydrogen-bond acceptors (Lipinski definition) is 4. The molecule has 0 spiro atoms.